The van der Waals surface area contributed by atoms with Crippen LogP contribution in [-0.4, -0.2) is 60.9 Å². The number of aliphatic hydroxyl groups excluding tert-OH is 1. The maximum absolute atomic E-state index is 13.4. The van der Waals surface area contributed by atoms with Crippen molar-refractivity contribution in [1.29, 1.82) is 0 Å². The summed E-state index contributed by atoms with van der Waals surface area (Å²) in [4.78, 5) is 29.8. The lowest BCUT2D eigenvalue weighted by molar-refractivity contribution is -0.129. The van der Waals surface area contributed by atoms with Crippen LogP contribution in [0.25, 0.3) is 11.0 Å². The smallest absolute Gasteiger partial charge is 0.290 e. The van der Waals surface area contributed by atoms with Gasteiger partial charge in [0, 0.05) is 11.9 Å². The van der Waals surface area contributed by atoms with Crippen LogP contribution in [0, 0.1) is 0 Å². The molecule has 0 unspecified atom stereocenters. The third-order valence-electron chi connectivity index (χ3n) is 5.32. The van der Waals surface area contributed by atoms with E-state index >= 15 is 0 Å². The molecule has 1 aromatic carbocycles. The minimum absolute atomic E-state index is 0.0144. The largest absolute Gasteiger partial charge is 0.503 e. The van der Waals surface area contributed by atoms with Crippen LogP contribution in [0.4, 0.5) is 0 Å². The Hall–Kier alpha value is -3.52. The zero-order chi connectivity index (χ0) is 22.1. The summed E-state index contributed by atoms with van der Waals surface area (Å²) >= 11 is 0. The number of carbonyl (C=O) groups is 2. The summed E-state index contributed by atoms with van der Waals surface area (Å²) in [6.45, 7) is 1.11. The van der Waals surface area contributed by atoms with Gasteiger partial charge in [-0.1, -0.05) is 12.1 Å². The molecular formula is C23H24N2O6. The minimum Gasteiger partial charge on any atom is -0.503 e. The van der Waals surface area contributed by atoms with Crippen LogP contribution in [0.1, 0.15) is 28.8 Å². The molecule has 1 atom stereocenters. The normalized spacial score (nSPS) is 16.7. The molecule has 31 heavy (non-hydrogen) atoms. The Morgan fingerprint density at radius 2 is 2.06 bits per heavy atom. The van der Waals surface area contributed by atoms with Crippen LogP contribution >= 0.6 is 0 Å². The molecule has 1 aliphatic rings. The van der Waals surface area contributed by atoms with Crippen LogP contribution < -0.4 is 4.74 Å². The number of benzene rings is 1. The van der Waals surface area contributed by atoms with Gasteiger partial charge in [0.25, 0.3) is 5.91 Å². The summed E-state index contributed by atoms with van der Waals surface area (Å²) in [5, 5.41) is 11.3. The Balaban J connectivity index is 1.73. The number of hydrogen-bond donors (Lipinski definition) is 1. The lowest BCUT2D eigenvalue weighted by atomic mass is 9.99. The maximum atomic E-state index is 13.4. The first-order valence-electron chi connectivity index (χ1n) is 9.96. The fourth-order valence-electron chi connectivity index (χ4n) is 3.86. The van der Waals surface area contributed by atoms with Crippen molar-refractivity contribution in [2.45, 2.75) is 12.5 Å². The van der Waals surface area contributed by atoms with Crippen LogP contribution in [0.3, 0.4) is 0 Å². The van der Waals surface area contributed by atoms with E-state index in [2.05, 4.69) is 0 Å². The fourth-order valence-corrected chi connectivity index (χ4v) is 3.86. The second-order valence-electron chi connectivity index (χ2n) is 7.65. The number of para-hydroxylation sites is 1. The van der Waals surface area contributed by atoms with Gasteiger partial charge in [-0.25, -0.2) is 0 Å². The first kappa shape index (κ1) is 20.7. The predicted octanol–water partition coefficient (Wildman–Crippen LogP) is 3.56. The molecule has 0 spiro atoms. The highest BCUT2D eigenvalue weighted by Crippen LogP contribution is 2.40. The Bertz CT molecular complexity index is 1140. The van der Waals surface area contributed by atoms with Gasteiger partial charge in [0.05, 0.1) is 18.9 Å². The number of ether oxygens (including phenoxy) is 1. The number of rotatable bonds is 8. The van der Waals surface area contributed by atoms with Gasteiger partial charge in [0.15, 0.2) is 22.9 Å². The molecule has 8 heteroatoms. The van der Waals surface area contributed by atoms with Gasteiger partial charge in [-0.15, -0.1) is 0 Å². The number of aliphatic hydroxyl groups is 1. The van der Waals surface area contributed by atoms with Gasteiger partial charge < -0.3 is 28.5 Å². The number of nitrogens with zero attached hydrogens (tertiary/aromatic N) is 2. The Morgan fingerprint density at radius 1 is 1.26 bits per heavy atom. The molecule has 3 aromatic rings. The molecule has 8 nitrogen and oxygen atoms in total. The molecule has 4 rings (SSSR count). The number of carbonyl (C=O) groups excluding carboxylic acids is 2. The molecule has 0 saturated heterocycles. The summed E-state index contributed by atoms with van der Waals surface area (Å²) in [5.74, 6) is -0.841. The SMILES string of the molecule is COc1cccc2cc(C(=O)C3=C(O)C(=O)N(CCCN(C)C)[C@H]3c3ccco3)oc12. The average molecular weight is 424 g/mol. The highest BCUT2D eigenvalue weighted by molar-refractivity contribution is 6.16. The van der Waals surface area contributed by atoms with Crippen molar-refractivity contribution in [2.75, 3.05) is 34.3 Å². The third-order valence-corrected chi connectivity index (χ3v) is 5.32. The van der Waals surface area contributed by atoms with Gasteiger partial charge in [0.2, 0.25) is 5.78 Å². The third kappa shape index (κ3) is 3.70. The van der Waals surface area contributed by atoms with Crippen molar-refractivity contribution in [3.05, 3.63) is 65.5 Å². The zero-order valence-electron chi connectivity index (χ0n) is 17.6. The summed E-state index contributed by atoms with van der Waals surface area (Å²) in [5.41, 5.74) is 0.373. The lowest BCUT2D eigenvalue weighted by Crippen LogP contribution is -2.33. The molecule has 0 bridgehead atoms. The highest BCUT2D eigenvalue weighted by atomic mass is 16.5. The average Bonchev–Trinajstić information content (AvgIpc) is 3.47. The first-order chi connectivity index (χ1) is 14.9. The highest BCUT2D eigenvalue weighted by Gasteiger charge is 2.45. The quantitative estimate of drug-likeness (QED) is 0.552. The number of ketones is 1. The second kappa shape index (κ2) is 8.31. The maximum Gasteiger partial charge on any atom is 0.290 e. The molecule has 0 aliphatic carbocycles. The van der Waals surface area contributed by atoms with Crippen molar-refractivity contribution < 1.29 is 28.3 Å². The lowest BCUT2D eigenvalue weighted by Gasteiger charge is -2.25. The summed E-state index contributed by atoms with van der Waals surface area (Å²) < 4.78 is 16.6. The molecule has 162 valence electrons. The first-order valence-corrected chi connectivity index (χ1v) is 9.96. The van der Waals surface area contributed by atoms with Gasteiger partial charge in [-0.05, 0) is 51.3 Å². The number of fused-ring (bicyclic) bond motifs is 1. The predicted molar refractivity (Wildman–Crippen MR) is 113 cm³/mol. The van der Waals surface area contributed by atoms with Crippen LogP contribution in [0.2, 0.25) is 0 Å². The molecule has 3 heterocycles. The van der Waals surface area contributed by atoms with E-state index in [1.54, 1.807) is 36.4 Å². The fraction of sp³-hybridized carbons (Fsp3) is 0.304. The van der Waals surface area contributed by atoms with Gasteiger partial charge in [-0.2, -0.15) is 0 Å². The van der Waals surface area contributed by atoms with Crippen molar-refractivity contribution in [2.24, 2.45) is 0 Å². The van der Waals surface area contributed by atoms with E-state index in [4.69, 9.17) is 13.6 Å². The molecule has 0 fully saturated rings. The number of hydrogen-bond acceptors (Lipinski definition) is 7. The molecule has 1 aliphatic heterocycles. The van der Waals surface area contributed by atoms with Crippen molar-refractivity contribution >= 4 is 22.7 Å². The van der Waals surface area contributed by atoms with E-state index in [1.807, 2.05) is 19.0 Å². The summed E-state index contributed by atoms with van der Waals surface area (Å²) in [6.07, 6.45) is 2.15. The number of amides is 1. The van der Waals surface area contributed by atoms with Gasteiger partial charge in [-0.3, -0.25) is 9.59 Å². The summed E-state index contributed by atoms with van der Waals surface area (Å²) in [7, 11) is 5.40. The Morgan fingerprint density at radius 3 is 2.74 bits per heavy atom. The number of Topliss-reactive ketones (excluding diaryl/α,β-unsaturated/α-hetero) is 1. The number of furan rings is 2. The minimum atomic E-state index is -0.827. The standard InChI is InChI=1S/C23H24N2O6/c1-24(2)10-6-11-25-19(15-9-5-12-30-15)18(21(27)23(25)28)20(26)17-13-14-7-4-8-16(29-3)22(14)31-17/h4-5,7-9,12-13,19,27H,6,10-11H2,1-3H3/t19-/m0/s1. The number of methoxy groups -OCH3 is 1. The van der Waals surface area contributed by atoms with Gasteiger partial charge in [0.1, 0.15) is 11.8 Å². The van der Waals surface area contributed by atoms with Crippen LogP contribution in [-0.2, 0) is 4.79 Å². The van der Waals surface area contributed by atoms with Crippen LogP contribution in [0.15, 0.2) is 62.8 Å². The topological polar surface area (TPSA) is 96.4 Å². The monoisotopic (exact) mass is 424 g/mol. The zero-order valence-corrected chi connectivity index (χ0v) is 17.6. The van der Waals surface area contributed by atoms with E-state index in [-0.39, 0.29) is 11.3 Å². The van der Waals surface area contributed by atoms with Crippen LogP contribution in [0.5, 0.6) is 5.75 Å². The molecule has 2 aromatic heterocycles. The van der Waals surface area contributed by atoms with E-state index in [0.29, 0.717) is 35.4 Å². The van der Waals surface area contributed by atoms with E-state index in [1.165, 1.54) is 18.3 Å². The molecule has 0 radical (unpaired) electrons. The van der Waals surface area contributed by atoms with Crippen molar-refractivity contribution in [1.82, 2.24) is 9.80 Å². The molecular weight excluding hydrogens is 400 g/mol. The summed E-state index contributed by atoms with van der Waals surface area (Å²) in [6, 6.07) is 9.44. The Kier molecular flexibility index (Phi) is 5.56. The second-order valence-corrected chi connectivity index (χ2v) is 7.65. The molecule has 0 saturated carbocycles. The molecule has 1 amide bonds. The Labute approximate surface area is 179 Å². The van der Waals surface area contributed by atoms with E-state index in [0.717, 1.165) is 6.54 Å². The van der Waals surface area contributed by atoms with Crippen molar-refractivity contribution in [3.8, 4) is 5.75 Å². The van der Waals surface area contributed by atoms with E-state index in [9.17, 15) is 14.7 Å². The molecule has 1 N–H and O–H groups in total. The van der Waals surface area contributed by atoms with Gasteiger partial charge >= 0.3 is 0 Å². The van der Waals surface area contributed by atoms with E-state index < -0.39 is 23.5 Å². The van der Waals surface area contributed by atoms with Crippen molar-refractivity contribution in [3.63, 3.8) is 0 Å².